The summed E-state index contributed by atoms with van der Waals surface area (Å²) in [6, 6.07) is 3.75. The molecule has 3 heterocycles. The van der Waals surface area contributed by atoms with Crippen LogP contribution in [0.1, 0.15) is 43.7 Å². The number of aromatic nitrogens is 3. The van der Waals surface area contributed by atoms with Crippen molar-refractivity contribution in [3.05, 3.63) is 57.8 Å². The van der Waals surface area contributed by atoms with E-state index < -0.39 is 0 Å². The first-order valence-electron chi connectivity index (χ1n) is 8.75. The molecule has 1 aliphatic carbocycles. The van der Waals surface area contributed by atoms with Crippen LogP contribution in [0.4, 0.5) is 5.82 Å². The molecule has 2 aliphatic rings. The molecule has 0 amide bonds. The highest BCUT2D eigenvalue weighted by Crippen LogP contribution is 2.44. The van der Waals surface area contributed by atoms with Gasteiger partial charge in [0.2, 0.25) is 0 Å². The van der Waals surface area contributed by atoms with Crippen molar-refractivity contribution < 1.29 is 4.79 Å². The first-order chi connectivity index (χ1) is 12.5. The number of hydrogen-bond donors (Lipinski definition) is 2. The second kappa shape index (κ2) is 6.72. The SMILES string of the molecule is CC(C)Sc1nc2c(c(=O)[nH]1)[C@@H](c1cccnc1)[C@@H]1C(=O)CCC=C1N2. The molecular formula is C19H20N4O2S. The fraction of sp³-hybridized carbons (Fsp3) is 0.368. The van der Waals surface area contributed by atoms with Crippen molar-refractivity contribution in [2.45, 2.75) is 43.0 Å². The van der Waals surface area contributed by atoms with Crippen LogP contribution in [0.5, 0.6) is 0 Å². The van der Waals surface area contributed by atoms with Crippen molar-refractivity contribution in [1.82, 2.24) is 15.0 Å². The number of carbonyl (C=O) groups is 1. The minimum Gasteiger partial charge on any atom is -0.343 e. The van der Waals surface area contributed by atoms with E-state index in [2.05, 4.69) is 26.3 Å². The monoisotopic (exact) mass is 368 g/mol. The number of allylic oxidation sites excluding steroid dienone is 2. The standard InChI is InChI=1S/C19H20N4O2S/c1-10(2)26-19-22-17-16(18(25)23-19)14(11-5-4-8-20-9-11)15-12(21-17)6-3-7-13(15)24/h4-6,8-10,14-15H,3,7H2,1-2H3,(H2,21,22,23,25)/t14-,15-/m0/s1. The number of nitrogens with one attached hydrogen (secondary N) is 2. The number of pyridine rings is 1. The van der Waals surface area contributed by atoms with Crippen LogP contribution in [-0.4, -0.2) is 26.0 Å². The molecule has 2 aromatic rings. The Bertz CT molecular complexity index is 936. The normalized spacial score (nSPS) is 21.7. The summed E-state index contributed by atoms with van der Waals surface area (Å²) in [6.07, 6.45) is 6.68. The molecule has 0 saturated heterocycles. The topological polar surface area (TPSA) is 87.7 Å². The number of H-pyrrole nitrogens is 1. The third-order valence-electron chi connectivity index (χ3n) is 4.67. The van der Waals surface area contributed by atoms with Crippen molar-refractivity contribution in [3.8, 4) is 0 Å². The average Bonchev–Trinajstić information content (AvgIpc) is 2.60. The zero-order valence-corrected chi connectivity index (χ0v) is 15.5. The molecule has 2 aromatic heterocycles. The quantitative estimate of drug-likeness (QED) is 0.639. The molecule has 1 aliphatic heterocycles. The van der Waals surface area contributed by atoms with E-state index in [1.807, 2.05) is 26.0 Å². The number of aromatic amines is 1. The number of anilines is 1. The van der Waals surface area contributed by atoms with E-state index >= 15 is 0 Å². The zero-order chi connectivity index (χ0) is 18.3. The van der Waals surface area contributed by atoms with Gasteiger partial charge in [-0.05, 0) is 18.1 Å². The maximum Gasteiger partial charge on any atom is 0.257 e. The lowest BCUT2D eigenvalue weighted by atomic mass is 9.72. The summed E-state index contributed by atoms with van der Waals surface area (Å²) >= 11 is 1.51. The second-order valence-electron chi connectivity index (χ2n) is 6.83. The first kappa shape index (κ1) is 17.0. The summed E-state index contributed by atoms with van der Waals surface area (Å²) in [4.78, 5) is 37.3. The highest BCUT2D eigenvalue weighted by molar-refractivity contribution is 7.99. The number of fused-ring (bicyclic) bond motifs is 2. The Balaban J connectivity index is 1.91. The van der Waals surface area contributed by atoms with Gasteiger partial charge in [-0.15, -0.1) is 0 Å². The Morgan fingerprint density at radius 2 is 2.12 bits per heavy atom. The van der Waals surface area contributed by atoms with Crippen molar-refractivity contribution in [2.75, 3.05) is 5.32 Å². The molecule has 0 saturated carbocycles. The minimum absolute atomic E-state index is 0.148. The lowest BCUT2D eigenvalue weighted by molar-refractivity contribution is -0.122. The molecule has 6 nitrogen and oxygen atoms in total. The van der Waals surface area contributed by atoms with E-state index in [-0.39, 0.29) is 23.2 Å². The average molecular weight is 368 g/mol. The molecule has 0 bridgehead atoms. The molecule has 0 aromatic carbocycles. The lowest BCUT2D eigenvalue weighted by Crippen LogP contribution is -2.38. The Hall–Kier alpha value is -2.41. The molecule has 0 radical (unpaired) electrons. The minimum atomic E-state index is -0.382. The van der Waals surface area contributed by atoms with Crippen molar-refractivity contribution in [2.24, 2.45) is 5.92 Å². The van der Waals surface area contributed by atoms with Gasteiger partial charge in [0.1, 0.15) is 11.6 Å². The van der Waals surface area contributed by atoms with Gasteiger partial charge in [-0.3, -0.25) is 14.6 Å². The van der Waals surface area contributed by atoms with Gasteiger partial charge >= 0.3 is 0 Å². The first-order valence-corrected chi connectivity index (χ1v) is 9.63. The summed E-state index contributed by atoms with van der Waals surface area (Å²) < 4.78 is 0. The second-order valence-corrected chi connectivity index (χ2v) is 8.40. The molecule has 2 atom stereocenters. The van der Waals surface area contributed by atoms with Crippen molar-refractivity contribution >= 4 is 23.4 Å². The van der Waals surface area contributed by atoms with Gasteiger partial charge in [-0.2, -0.15) is 0 Å². The number of thioether (sulfide) groups is 1. The third-order valence-corrected chi connectivity index (χ3v) is 5.56. The van der Waals surface area contributed by atoms with E-state index in [9.17, 15) is 9.59 Å². The van der Waals surface area contributed by atoms with Crippen LogP contribution in [0, 0.1) is 5.92 Å². The highest BCUT2D eigenvalue weighted by Gasteiger charge is 2.42. The van der Waals surface area contributed by atoms with Crippen LogP contribution in [0.2, 0.25) is 0 Å². The largest absolute Gasteiger partial charge is 0.343 e. The van der Waals surface area contributed by atoms with Crippen molar-refractivity contribution in [3.63, 3.8) is 0 Å². The summed E-state index contributed by atoms with van der Waals surface area (Å²) in [6.45, 7) is 4.10. The number of rotatable bonds is 3. The molecule has 2 N–H and O–H groups in total. The number of ketones is 1. The van der Waals surface area contributed by atoms with E-state index in [1.54, 1.807) is 12.4 Å². The van der Waals surface area contributed by atoms with Gasteiger partial charge in [0, 0.05) is 35.7 Å². The van der Waals surface area contributed by atoms with Gasteiger partial charge < -0.3 is 10.3 Å². The summed E-state index contributed by atoms with van der Waals surface area (Å²) in [5, 5.41) is 4.15. The predicted octanol–water partition coefficient (Wildman–Crippen LogP) is 3.09. The van der Waals surface area contributed by atoms with E-state index in [1.165, 1.54) is 11.8 Å². The maximum absolute atomic E-state index is 12.9. The third kappa shape index (κ3) is 2.96. The number of hydrogen-bond acceptors (Lipinski definition) is 6. The summed E-state index contributed by atoms with van der Waals surface area (Å²) in [5.41, 5.74) is 2.03. The highest BCUT2D eigenvalue weighted by atomic mass is 32.2. The molecule has 0 spiro atoms. The molecule has 26 heavy (non-hydrogen) atoms. The number of nitrogens with zero attached hydrogens (tertiary/aromatic N) is 2. The Kier molecular flexibility index (Phi) is 4.40. The van der Waals surface area contributed by atoms with Gasteiger partial charge in [0.25, 0.3) is 5.56 Å². The molecule has 7 heteroatoms. The van der Waals surface area contributed by atoms with E-state index in [0.29, 0.717) is 34.6 Å². The molecular weight excluding hydrogens is 348 g/mol. The van der Waals surface area contributed by atoms with E-state index in [0.717, 1.165) is 11.3 Å². The van der Waals surface area contributed by atoms with Crippen LogP contribution in [0.3, 0.4) is 0 Å². The van der Waals surface area contributed by atoms with Gasteiger partial charge in [0.05, 0.1) is 11.5 Å². The van der Waals surface area contributed by atoms with Gasteiger partial charge in [0.15, 0.2) is 5.16 Å². The van der Waals surface area contributed by atoms with Crippen LogP contribution in [-0.2, 0) is 4.79 Å². The van der Waals surface area contributed by atoms with Crippen LogP contribution in [0.25, 0.3) is 0 Å². The predicted molar refractivity (Wildman–Crippen MR) is 101 cm³/mol. The number of carbonyl (C=O) groups excluding carboxylic acids is 1. The van der Waals surface area contributed by atoms with Crippen LogP contribution >= 0.6 is 11.8 Å². The van der Waals surface area contributed by atoms with Gasteiger partial charge in [-0.1, -0.05) is 37.8 Å². The summed E-state index contributed by atoms with van der Waals surface area (Å²) in [5.74, 6) is -0.0576. The van der Waals surface area contributed by atoms with Crippen LogP contribution < -0.4 is 10.9 Å². The van der Waals surface area contributed by atoms with E-state index in [4.69, 9.17) is 0 Å². The zero-order valence-electron chi connectivity index (χ0n) is 14.7. The Morgan fingerprint density at radius 3 is 2.85 bits per heavy atom. The summed E-state index contributed by atoms with van der Waals surface area (Å²) in [7, 11) is 0. The van der Waals surface area contributed by atoms with Crippen LogP contribution in [0.15, 0.2) is 46.3 Å². The molecule has 0 unspecified atom stereocenters. The lowest BCUT2D eigenvalue weighted by Gasteiger charge is -2.36. The molecule has 134 valence electrons. The smallest absolute Gasteiger partial charge is 0.257 e. The van der Waals surface area contributed by atoms with Gasteiger partial charge in [-0.25, -0.2) is 4.98 Å². The fourth-order valence-electron chi connectivity index (χ4n) is 3.67. The Morgan fingerprint density at radius 1 is 1.27 bits per heavy atom. The molecule has 0 fully saturated rings. The Labute approximate surface area is 155 Å². The van der Waals surface area contributed by atoms with Crippen molar-refractivity contribution in [1.29, 1.82) is 0 Å². The fourth-order valence-corrected chi connectivity index (χ4v) is 4.41. The maximum atomic E-state index is 12.9. The molecule has 4 rings (SSSR count). The number of Topliss-reactive ketones (excluding diaryl/α,β-unsaturated/α-hetero) is 1.